The van der Waals surface area contributed by atoms with Crippen molar-refractivity contribution in [2.75, 3.05) is 6.61 Å². The van der Waals surface area contributed by atoms with Crippen molar-refractivity contribution >= 4 is 11.8 Å². The van der Waals surface area contributed by atoms with E-state index in [-0.39, 0.29) is 18.2 Å². The largest absolute Gasteiger partial charge is 0.394 e. The first kappa shape index (κ1) is 23.4. The summed E-state index contributed by atoms with van der Waals surface area (Å²) in [5.74, 6) is -0.723. The van der Waals surface area contributed by atoms with Gasteiger partial charge in [0.15, 0.2) is 0 Å². The first-order chi connectivity index (χ1) is 13.2. The number of fused-ring (bicyclic) bond motifs is 1. The van der Waals surface area contributed by atoms with Crippen LogP contribution in [0.5, 0.6) is 0 Å². The standard InChI is InChI=1S/C21H31NO7/c1-20(2,3)22-18(28)12-7-6-11(8-13(12)19(22)29)9-21(4,5)17(27)16(26)15(25)14(24)10-23/h6-8,14-17,23-27H,9-10H2,1-5H3/t14-,15-,16+,17-/m1/s1. The molecule has 8 heteroatoms. The van der Waals surface area contributed by atoms with Crippen LogP contribution in [0.25, 0.3) is 0 Å². The lowest BCUT2D eigenvalue weighted by Gasteiger charge is -2.36. The topological polar surface area (TPSA) is 139 Å². The molecule has 1 aromatic rings. The maximum absolute atomic E-state index is 12.7. The van der Waals surface area contributed by atoms with Crippen LogP contribution >= 0.6 is 0 Å². The predicted octanol–water partition coefficient (Wildman–Crippen LogP) is 0.0857. The lowest BCUT2D eigenvalue weighted by atomic mass is 9.76. The Morgan fingerprint density at radius 2 is 1.45 bits per heavy atom. The van der Waals surface area contributed by atoms with Gasteiger partial charge in [-0.1, -0.05) is 19.9 Å². The first-order valence-corrected chi connectivity index (χ1v) is 9.57. The molecule has 0 radical (unpaired) electrons. The van der Waals surface area contributed by atoms with Crippen molar-refractivity contribution in [3.63, 3.8) is 0 Å². The van der Waals surface area contributed by atoms with Gasteiger partial charge in [0.2, 0.25) is 0 Å². The summed E-state index contributed by atoms with van der Waals surface area (Å²) in [6, 6.07) is 4.89. The van der Waals surface area contributed by atoms with Crippen molar-refractivity contribution in [2.45, 2.75) is 71.0 Å². The molecule has 0 spiro atoms. The Labute approximate surface area is 170 Å². The number of rotatable bonds is 7. The highest BCUT2D eigenvalue weighted by atomic mass is 16.4. The molecule has 2 rings (SSSR count). The molecule has 1 aromatic carbocycles. The normalized spacial score (nSPS) is 19.2. The highest BCUT2D eigenvalue weighted by molar-refractivity contribution is 6.21. The number of hydrogen-bond acceptors (Lipinski definition) is 7. The summed E-state index contributed by atoms with van der Waals surface area (Å²) in [6.07, 6.45) is -6.16. The quantitative estimate of drug-likeness (QED) is 0.402. The molecule has 0 fully saturated rings. The summed E-state index contributed by atoms with van der Waals surface area (Å²) in [5.41, 5.74) is -0.304. The molecule has 5 N–H and O–H groups in total. The third-order valence-electron chi connectivity index (χ3n) is 5.34. The molecule has 1 heterocycles. The molecule has 0 saturated heterocycles. The lowest BCUT2D eigenvalue weighted by molar-refractivity contribution is -0.140. The molecule has 4 atom stereocenters. The van der Waals surface area contributed by atoms with Gasteiger partial charge in [0.25, 0.3) is 11.8 Å². The molecule has 8 nitrogen and oxygen atoms in total. The molecule has 0 aromatic heterocycles. The van der Waals surface area contributed by atoms with E-state index in [4.69, 9.17) is 5.11 Å². The molecule has 0 aliphatic carbocycles. The van der Waals surface area contributed by atoms with Crippen LogP contribution in [-0.2, 0) is 6.42 Å². The van der Waals surface area contributed by atoms with E-state index in [0.717, 1.165) is 0 Å². The van der Waals surface area contributed by atoms with Gasteiger partial charge in [-0.25, -0.2) is 0 Å². The van der Waals surface area contributed by atoms with Crippen LogP contribution in [0, 0.1) is 5.41 Å². The SMILES string of the molecule is CC(C)(Cc1ccc2c(c1)C(=O)N(C(C)(C)C)C2=O)[C@H](O)[C@@H](O)[C@H](O)[C@H](O)CO. The van der Waals surface area contributed by atoms with E-state index in [9.17, 15) is 30.0 Å². The van der Waals surface area contributed by atoms with E-state index in [0.29, 0.717) is 16.7 Å². The number of amides is 2. The second-order valence-corrected chi connectivity index (χ2v) is 9.34. The zero-order chi connectivity index (χ0) is 22.3. The molecule has 1 aliphatic rings. The maximum atomic E-state index is 12.7. The summed E-state index contributed by atoms with van der Waals surface area (Å²) < 4.78 is 0. The van der Waals surface area contributed by atoms with Gasteiger partial charge < -0.3 is 25.5 Å². The Morgan fingerprint density at radius 3 is 1.97 bits per heavy atom. The van der Waals surface area contributed by atoms with Crippen LogP contribution in [0.4, 0.5) is 0 Å². The number of aliphatic hydroxyl groups is 5. The summed E-state index contributed by atoms with van der Waals surface area (Å²) in [4.78, 5) is 26.5. The van der Waals surface area contributed by atoms with Crippen molar-refractivity contribution in [3.05, 3.63) is 34.9 Å². The second-order valence-electron chi connectivity index (χ2n) is 9.34. The molecular formula is C21H31NO7. The number of aliphatic hydroxyl groups excluding tert-OH is 5. The fraction of sp³-hybridized carbons (Fsp3) is 0.619. The van der Waals surface area contributed by atoms with Crippen molar-refractivity contribution in [1.29, 1.82) is 0 Å². The van der Waals surface area contributed by atoms with Crippen molar-refractivity contribution in [3.8, 4) is 0 Å². The Balaban J connectivity index is 2.25. The third-order valence-corrected chi connectivity index (χ3v) is 5.34. The number of hydrogen-bond donors (Lipinski definition) is 5. The molecule has 1 aliphatic heterocycles. The van der Waals surface area contributed by atoms with E-state index >= 15 is 0 Å². The lowest BCUT2D eigenvalue weighted by Crippen LogP contribution is -2.51. The molecule has 0 unspecified atom stereocenters. The van der Waals surface area contributed by atoms with Crippen LogP contribution < -0.4 is 0 Å². The van der Waals surface area contributed by atoms with E-state index < -0.39 is 42.0 Å². The summed E-state index contributed by atoms with van der Waals surface area (Å²) in [7, 11) is 0. The van der Waals surface area contributed by atoms with Gasteiger partial charge in [0.1, 0.15) is 18.3 Å². The maximum Gasteiger partial charge on any atom is 0.262 e. The van der Waals surface area contributed by atoms with Gasteiger partial charge in [0, 0.05) is 5.54 Å². The van der Waals surface area contributed by atoms with Crippen LogP contribution in [-0.4, -0.2) is 78.8 Å². The highest BCUT2D eigenvalue weighted by Crippen LogP contribution is 2.33. The van der Waals surface area contributed by atoms with Crippen LogP contribution in [0.1, 0.15) is 60.9 Å². The monoisotopic (exact) mass is 409 g/mol. The summed E-state index contributed by atoms with van der Waals surface area (Å²) >= 11 is 0. The van der Waals surface area contributed by atoms with Gasteiger partial charge in [0.05, 0.1) is 23.8 Å². The van der Waals surface area contributed by atoms with Crippen molar-refractivity contribution in [2.24, 2.45) is 5.41 Å². The van der Waals surface area contributed by atoms with Gasteiger partial charge in [-0.15, -0.1) is 0 Å². The van der Waals surface area contributed by atoms with Gasteiger partial charge in [-0.2, -0.15) is 0 Å². The molecule has 0 bridgehead atoms. The minimum atomic E-state index is -1.71. The van der Waals surface area contributed by atoms with E-state index in [1.807, 2.05) is 0 Å². The summed E-state index contributed by atoms with van der Waals surface area (Å²) in [5, 5.41) is 49.0. The fourth-order valence-electron chi connectivity index (χ4n) is 3.62. The molecule has 162 valence electrons. The van der Waals surface area contributed by atoms with E-state index in [1.54, 1.807) is 52.8 Å². The number of carbonyl (C=O) groups excluding carboxylic acids is 2. The predicted molar refractivity (Wildman–Crippen MR) is 105 cm³/mol. The second kappa shape index (κ2) is 8.12. The first-order valence-electron chi connectivity index (χ1n) is 9.57. The smallest absolute Gasteiger partial charge is 0.262 e. The molecule has 2 amide bonds. The fourth-order valence-corrected chi connectivity index (χ4v) is 3.62. The highest BCUT2D eigenvalue weighted by Gasteiger charge is 2.43. The molecule has 29 heavy (non-hydrogen) atoms. The number of carbonyl (C=O) groups is 2. The average Bonchev–Trinajstić information content (AvgIpc) is 2.88. The van der Waals surface area contributed by atoms with Crippen LogP contribution in [0.2, 0.25) is 0 Å². The number of benzene rings is 1. The van der Waals surface area contributed by atoms with E-state index in [1.165, 1.54) is 4.90 Å². The molecular weight excluding hydrogens is 378 g/mol. The Morgan fingerprint density at radius 1 is 0.897 bits per heavy atom. The van der Waals surface area contributed by atoms with Crippen molar-refractivity contribution < 1.29 is 35.1 Å². The number of imide groups is 1. The minimum absolute atomic E-state index is 0.234. The van der Waals surface area contributed by atoms with Crippen LogP contribution in [0.3, 0.4) is 0 Å². The van der Waals surface area contributed by atoms with Gasteiger partial charge in [-0.05, 0) is 50.3 Å². The van der Waals surface area contributed by atoms with E-state index in [2.05, 4.69) is 0 Å². The van der Waals surface area contributed by atoms with Gasteiger partial charge in [-0.3, -0.25) is 14.5 Å². The van der Waals surface area contributed by atoms with Gasteiger partial charge >= 0.3 is 0 Å². The minimum Gasteiger partial charge on any atom is -0.394 e. The number of nitrogens with zero attached hydrogens (tertiary/aromatic N) is 1. The zero-order valence-electron chi connectivity index (χ0n) is 17.5. The molecule has 0 saturated carbocycles. The Bertz CT molecular complexity index is 784. The Kier molecular flexibility index (Phi) is 6.56. The third kappa shape index (κ3) is 4.51. The van der Waals surface area contributed by atoms with Crippen molar-refractivity contribution in [1.82, 2.24) is 4.90 Å². The average molecular weight is 409 g/mol. The Hall–Kier alpha value is -1.84. The van der Waals surface area contributed by atoms with Crippen LogP contribution in [0.15, 0.2) is 18.2 Å². The zero-order valence-corrected chi connectivity index (χ0v) is 17.5. The summed E-state index contributed by atoms with van der Waals surface area (Å²) in [6.45, 7) is 7.92.